The summed E-state index contributed by atoms with van der Waals surface area (Å²) in [5.41, 5.74) is 0.518. The Labute approximate surface area is 208 Å². The first-order chi connectivity index (χ1) is 16.2. The van der Waals surface area contributed by atoms with E-state index in [4.69, 9.17) is 4.74 Å². The normalized spacial score (nSPS) is 24.6. The Kier molecular flexibility index (Phi) is 7.72. The van der Waals surface area contributed by atoms with E-state index in [-0.39, 0.29) is 40.1 Å². The van der Waals surface area contributed by atoms with Gasteiger partial charge in [-0.25, -0.2) is 4.79 Å². The number of hydrogen-bond acceptors (Lipinski definition) is 6. The van der Waals surface area contributed by atoms with Gasteiger partial charge in [0.1, 0.15) is 12.1 Å². The predicted molar refractivity (Wildman–Crippen MR) is 132 cm³/mol. The monoisotopic (exact) mass is 488 g/mol. The van der Waals surface area contributed by atoms with E-state index in [0.717, 1.165) is 25.3 Å². The van der Waals surface area contributed by atoms with Gasteiger partial charge in [0.05, 0.1) is 6.10 Å². The first-order valence-electron chi connectivity index (χ1n) is 12.6. The molecule has 2 fully saturated rings. The highest BCUT2D eigenvalue weighted by atomic mass is 16.5. The van der Waals surface area contributed by atoms with Gasteiger partial charge in [0.2, 0.25) is 5.91 Å². The van der Waals surface area contributed by atoms with Crippen molar-refractivity contribution in [3.8, 4) is 11.5 Å². The second-order valence-corrected chi connectivity index (χ2v) is 11.4. The van der Waals surface area contributed by atoms with E-state index < -0.39 is 23.7 Å². The van der Waals surface area contributed by atoms with Crippen LogP contribution in [0.4, 0.5) is 0 Å². The summed E-state index contributed by atoms with van der Waals surface area (Å²) in [5.74, 6) is -1.59. The molecule has 8 heteroatoms. The highest BCUT2D eigenvalue weighted by Crippen LogP contribution is 2.57. The van der Waals surface area contributed by atoms with Gasteiger partial charge in [-0.1, -0.05) is 27.7 Å². The standard InChI is InChI=1S/C27H40N2O6/c1-16(14-19-11-12-26(3,4)27(19,5)6)35-25(34)20-8-7-13-29(20)24(33)17(2)28-23(32)18-9-10-21(30)22(31)15-18/h9-10,15-17,19-20,30-31H,7-8,11-14H2,1-6H3,(H,28,32). The van der Waals surface area contributed by atoms with Crippen molar-refractivity contribution in [2.24, 2.45) is 16.7 Å². The van der Waals surface area contributed by atoms with Crippen molar-refractivity contribution in [1.82, 2.24) is 10.2 Å². The molecule has 35 heavy (non-hydrogen) atoms. The lowest BCUT2D eigenvalue weighted by molar-refractivity contribution is -0.158. The van der Waals surface area contributed by atoms with Crippen LogP contribution in [-0.4, -0.2) is 57.6 Å². The van der Waals surface area contributed by atoms with Crippen LogP contribution in [0.2, 0.25) is 0 Å². The van der Waals surface area contributed by atoms with Crippen LogP contribution in [0.25, 0.3) is 0 Å². The summed E-state index contributed by atoms with van der Waals surface area (Å²) in [6.45, 7) is 13.1. The molecule has 2 amide bonds. The van der Waals surface area contributed by atoms with Gasteiger partial charge in [-0.3, -0.25) is 9.59 Å². The molecule has 0 radical (unpaired) electrons. The summed E-state index contributed by atoms with van der Waals surface area (Å²) < 4.78 is 5.82. The number of benzene rings is 1. The van der Waals surface area contributed by atoms with Gasteiger partial charge in [0.15, 0.2) is 11.5 Å². The van der Waals surface area contributed by atoms with Crippen LogP contribution in [-0.2, 0) is 14.3 Å². The zero-order valence-corrected chi connectivity index (χ0v) is 21.8. The number of esters is 1. The van der Waals surface area contributed by atoms with Crippen molar-refractivity contribution in [1.29, 1.82) is 0 Å². The van der Waals surface area contributed by atoms with Crippen LogP contribution >= 0.6 is 0 Å². The predicted octanol–water partition coefficient (Wildman–Crippen LogP) is 3.99. The summed E-state index contributed by atoms with van der Waals surface area (Å²) in [6, 6.07) is 2.16. The quantitative estimate of drug-likeness (QED) is 0.395. The smallest absolute Gasteiger partial charge is 0.329 e. The fraction of sp³-hybridized carbons (Fsp3) is 0.667. The molecule has 1 saturated carbocycles. The third kappa shape index (κ3) is 5.57. The summed E-state index contributed by atoms with van der Waals surface area (Å²) >= 11 is 0. The molecular formula is C27H40N2O6. The Morgan fingerprint density at radius 1 is 1.11 bits per heavy atom. The van der Waals surface area contributed by atoms with Crippen molar-refractivity contribution in [2.75, 3.05) is 6.54 Å². The number of aromatic hydroxyl groups is 2. The molecule has 1 heterocycles. The van der Waals surface area contributed by atoms with Crippen LogP contribution in [0, 0.1) is 16.7 Å². The molecule has 3 N–H and O–H groups in total. The highest BCUT2D eigenvalue weighted by Gasteiger charge is 2.48. The second-order valence-electron chi connectivity index (χ2n) is 11.4. The van der Waals surface area contributed by atoms with Crippen molar-refractivity contribution in [3.63, 3.8) is 0 Å². The fourth-order valence-corrected chi connectivity index (χ4v) is 5.44. The van der Waals surface area contributed by atoms with Gasteiger partial charge in [-0.05, 0) is 80.9 Å². The van der Waals surface area contributed by atoms with Crippen LogP contribution in [0.3, 0.4) is 0 Å². The summed E-state index contributed by atoms with van der Waals surface area (Å²) in [7, 11) is 0. The molecule has 0 bridgehead atoms. The minimum Gasteiger partial charge on any atom is -0.504 e. The average molecular weight is 489 g/mol. The van der Waals surface area contributed by atoms with Crippen molar-refractivity contribution in [3.05, 3.63) is 23.8 Å². The van der Waals surface area contributed by atoms with Crippen LogP contribution in [0.15, 0.2) is 18.2 Å². The lowest BCUT2D eigenvalue weighted by Crippen LogP contribution is -2.51. The number of likely N-dealkylation sites (tertiary alicyclic amines) is 1. The van der Waals surface area contributed by atoms with Crippen molar-refractivity contribution < 1.29 is 29.3 Å². The number of carbonyl (C=O) groups is 3. The van der Waals surface area contributed by atoms with Gasteiger partial charge < -0.3 is 25.2 Å². The van der Waals surface area contributed by atoms with E-state index in [1.807, 2.05) is 6.92 Å². The van der Waals surface area contributed by atoms with Crippen molar-refractivity contribution in [2.45, 2.75) is 91.8 Å². The van der Waals surface area contributed by atoms with Gasteiger partial charge >= 0.3 is 5.97 Å². The first-order valence-corrected chi connectivity index (χ1v) is 12.6. The lowest BCUT2D eigenvalue weighted by atomic mass is 9.66. The molecule has 0 aromatic heterocycles. The van der Waals surface area contributed by atoms with Crippen molar-refractivity contribution >= 4 is 17.8 Å². The minimum atomic E-state index is -0.870. The molecule has 1 aliphatic heterocycles. The Balaban J connectivity index is 1.57. The number of nitrogens with zero attached hydrogens (tertiary/aromatic N) is 1. The maximum atomic E-state index is 13.1. The molecule has 194 valence electrons. The van der Waals surface area contributed by atoms with Gasteiger partial charge in [-0.15, -0.1) is 0 Å². The molecule has 1 aromatic carbocycles. The largest absolute Gasteiger partial charge is 0.504 e. The second kappa shape index (κ2) is 10.1. The summed E-state index contributed by atoms with van der Waals surface area (Å²) in [6.07, 6.45) is 4.06. The molecular weight excluding hydrogens is 448 g/mol. The summed E-state index contributed by atoms with van der Waals surface area (Å²) in [4.78, 5) is 40.1. The van der Waals surface area contributed by atoms with Crippen LogP contribution < -0.4 is 5.32 Å². The number of hydrogen-bond donors (Lipinski definition) is 3. The third-order valence-electron chi connectivity index (χ3n) is 8.58. The Hall–Kier alpha value is -2.77. The molecule has 1 saturated heterocycles. The molecule has 1 aliphatic carbocycles. The summed E-state index contributed by atoms with van der Waals surface area (Å²) in [5, 5.41) is 21.7. The fourth-order valence-electron chi connectivity index (χ4n) is 5.44. The number of ether oxygens (including phenoxy) is 1. The molecule has 3 rings (SSSR count). The number of phenolic OH excluding ortho intramolecular Hbond substituents is 2. The zero-order valence-electron chi connectivity index (χ0n) is 21.8. The zero-order chi connectivity index (χ0) is 26.1. The molecule has 4 unspecified atom stereocenters. The first kappa shape index (κ1) is 26.8. The Morgan fingerprint density at radius 2 is 1.80 bits per heavy atom. The number of carbonyl (C=O) groups excluding carboxylic acids is 3. The average Bonchev–Trinajstić information content (AvgIpc) is 3.34. The molecule has 0 spiro atoms. The van der Waals surface area contributed by atoms with E-state index in [1.54, 1.807) is 6.92 Å². The maximum Gasteiger partial charge on any atom is 0.329 e. The SMILES string of the molecule is CC(CC1CCC(C)(C)C1(C)C)OC(=O)C1CCCN1C(=O)C(C)NC(=O)c1ccc(O)c(O)c1. The van der Waals surface area contributed by atoms with E-state index in [0.29, 0.717) is 25.3 Å². The maximum absolute atomic E-state index is 13.1. The highest BCUT2D eigenvalue weighted by molar-refractivity contribution is 5.98. The molecule has 4 atom stereocenters. The number of nitrogens with one attached hydrogen (secondary N) is 1. The van der Waals surface area contributed by atoms with E-state index in [2.05, 4.69) is 33.0 Å². The van der Waals surface area contributed by atoms with Gasteiger partial charge in [0.25, 0.3) is 5.91 Å². The number of rotatable bonds is 7. The molecule has 1 aromatic rings. The number of amides is 2. The van der Waals surface area contributed by atoms with Crippen LogP contribution in [0.5, 0.6) is 11.5 Å². The topological polar surface area (TPSA) is 116 Å². The Bertz CT molecular complexity index is 972. The van der Waals surface area contributed by atoms with Gasteiger partial charge in [0, 0.05) is 12.1 Å². The van der Waals surface area contributed by atoms with Gasteiger partial charge in [-0.2, -0.15) is 0 Å². The van der Waals surface area contributed by atoms with E-state index >= 15 is 0 Å². The number of phenols is 2. The van der Waals surface area contributed by atoms with Crippen LogP contribution in [0.1, 0.15) is 84.0 Å². The third-order valence-corrected chi connectivity index (χ3v) is 8.58. The van der Waals surface area contributed by atoms with E-state index in [1.165, 1.54) is 17.0 Å². The molecule has 2 aliphatic rings. The minimum absolute atomic E-state index is 0.115. The molecule has 8 nitrogen and oxygen atoms in total. The Morgan fingerprint density at radius 3 is 2.40 bits per heavy atom. The van der Waals surface area contributed by atoms with E-state index in [9.17, 15) is 24.6 Å². The lowest BCUT2D eigenvalue weighted by Gasteiger charge is -2.40.